The second-order valence-corrected chi connectivity index (χ2v) is 7.26. The zero-order chi connectivity index (χ0) is 15.4. The topological polar surface area (TPSA) is 66.5 Å². The Balaban J connectivity index is 1.54. The third-order valence-electron chi connectivity index (χ3n) is 5.25. The van der Waals surface area contributed by atoms with E-state index in [-0.39, 0.29) is 23.7 Å². The van der Waals surface area contributed by atoms with E-state index in [2.05, 4.69) is 21.4 Å². The molecule has 22 heavy (non-hydrogen) atoms. The maximum atomic E-state index is 12.5. The van der Waals surface area contributed by atoms with Crippen molar-refractivity contribution in [3.05, 3.63) is 34.3 Å². The lowest BCUT2D eigenvalue weighted by Gasteiger charge is -2.19. The molecule has 1 heterocycles. The van der Waals surface area contributed by atoms with E-state index in [0.29, 0.717) is 17.4 Å². The fourth-order valence-electron chi connectivity index (χ4n) is 4.29. The molecule has 3 aliphatic rings. The van der Waals surface area contributed by atoms with Crippen LogP contribution >= 0.6 is 15.9 Å². The average molecular weight is 363 g/mol. The summed E-state index contributed by atoms with van der Waals surface area (Å²) >= 11 is 3.30. The summed E-state index contributed by atoms with van der Waals surface area (Å²) < 4.78 is 0.864. The number of hydrogen-bond donors (Lipinski definition) is 1. The van der Waals surface area contributed by atoms with E-state index in [1.807, 2.05) is 0 Å². The second-order valence-electron chi connectivity index (χ2n) is 6.34. The lowest BCUT2D eigenvalue weighted by Crippen LogP contribution is -2.47. The van der Waals surface area contributed by atoms with Gasteiger partial charge in [-0.05, 0) is 55.4 Å². The SMILES string of the molecule is O=C(NN1C(=O)C2C3CCC(C3)C2C1=O)c1ccc(Br)cc1. The molecule has 1 aromatic carbocycles. The van der Waals surface area contributed by atoms with Crippen molar-refractivity contribution in [2.45, 2.75) is 19.3 Å². The molecule has 1 aromatic rings. The van der Waals surface area contributed by atoms with Crippen LogP contribution in [0.25, 0.3) is 0 Å². The van der Waals surface area contributed by atoms with Gasteiger partial charge in [0, 0.05) is 10.0 Å². The molecule has 5 nitrogen and oxygen atoms in total. The van der Waals surface area contributed by atoms with Crippen LogP contribution in [0.3, 0.4) is 0 Å². The van der Waals surface area contributed by atoms with Crippen molar-refractivity contribution in [2.24, 2.45) is 23.7 Å². The van der Waals surface area contributed by atoms with Gasteiger partial charge in [-0.2, -0.15) is 5.01 Å². The summed E-state index contributed by atoms with van der Waals surface area (Å²) in [5, 5.41) is 0.962. The van der Waals surface area contributed by atoms with Gasteiger partial charge in [-0.25, -0.2) is 0 Å². The third-order valence-corrected chi connectivity index (χ3v) is 5.78. The fraction of sp³-hybridized carbons (Fsp3) is 0.438. The summed E-state index contributed by atoms with van der Waals surface area (Å²) in [4.78, 5) is 37.2. The first kappa shape index (κ1) is 13.9. The number of imide groups is 1. The van der Waals surface area contributed by atoms with Crippen LogP contribution in [0, 0.1) is 23.7 Å². The predicted molar refractivity (Wildman–Crippen MR) is 81.3 cm³/mol. The molecular formula is C16H15BrN2O3. The molecule has 0 spiro atoms. The molecular weight excluding hydrogens is 348 g/mol. The molecule has 2 saturated carbocycles. The van der Waals surface area contributed by atoms with Crippen LogP contribution in [0.15, 0.2) is 28.7 Å². The molecule has 0 radical (unpaired) electrons. The van der Waals surface area contributed by atoms with Crippen LogP contribution in [-0.2, 0) is 9.59 Å². The lowest BCUT2D eigenvalue weighted by atomic mass is 9.81. The summed E-state index contributed by atoms with van der Waals surface area (Å²) in [5.41, 5.74) is 2.91. The monoisotopic (exact) mass is 362 g/mol. The van der Waals surface area contributed by atoms with Gasteiger partial charge in [-0.15, -0.1) is 0 Å². The zero-order valence-electron chi connectivity index (χ0n) is 11.8. The minimum absolute atomic E-state index is 0.212. The third kappa shape index (κ3) is 1.93. The van der Waals surface area contributed by atoms with E-state index in [4.69, 9.17) is 0 Å². The largest absolute Gasteiger partial charge is 0.272 e. The Bertz CT molecular complexity index is 644. The number of carbonyl (C=O) groups is 3. The Labute approximate surface area is 136 Å². The quantitative estimate of drug-likeness (QED) is 0.819. The van der Waals surface area contributed by atoms with Crippen molar-refractivity contribution in [3.8, 4) is 0 Å². The van der Waals surface area contributed by atoms with Crippen molar-refractivity contribution in [1.82, 2.24) is 10.4 Å². The Kier molecular flexibility index (Phi) is 3.11. The van der Waals surface area contributed by atoms with Crippen molar-refractivity contribution < 1.29 is 14.4 Å². The molecule has 4 unspecified atom stereocenters. The number of hydrazine groups is 1. The molecule has 0 aromatic heterocycles. The van der Waals surface area contributed by atoms with Crippen LogP contribution in [0.1, 0.15) is 29.6 Å². The predicted octanol–water partition coefficient (Wildman–Crippen LogP) is 2.12. The Morgan fingerprint density at radius 2 is 1.59 bits per heavy atom. The molecule has 4 rings (SSSR count). The highest BCUT2D eigenvalue weighted by atomic mass is 79.9. The number of benzene rings is 1. The van der Waals surface area contributed by atoms with Crippen molar-refractivity contribution in [1.29, 1.82) is 0 Å². The maximum absolute atomic E-state index is 12.5. The van der Waals surface area contributed by atoms with Crippen LogP contribution in [-0.4, -0.2) is 22.7 Å². The van der Waals surface area contributed by atoms with Crippen molar-refractivity contribution in [2.75, 3.05) is 0 Å². The first-order valence-electron chi connectivity index (χ1n) is 7.50. The number of nitrogens with one attached hydrogen (secondary N) is 1. The van der Waals surface area contributed by atoms with E-state index in [1.165, 1.54) is 0 Å². The molecule has 3 fully saturated rings. The number of hydrogen-bond acceptors (Lipinski definition) is 3. The van der Waals surface area contributed by atoms with Gasteiger partial charge >= 0.3 is 0 Å². The number of amides is 3. The Morgan fingerprint density at radius 3 is 2.14 bits per heavy atom. The standard InChI is InChI=1S/C16H15BrN2O3/c17-11-5-3-8(4-6-11)14(20)18-19-15(21)12-9-1-2-10(7-9)13(12)16(19)22/h3-6,9-10,12-13H,1-2,7H2,(H,18,20). The summed E-state index contributed by atoms with van der Waals surface area (Å²) in [6, 6.07) is 6.79. The van der Waals surface area contributed by atoms with E-state index >= 15 is 0 Å². The number of rotatable bonds is 2. The van der Waals surface area contributed by atoms with Crippen LogP contribution in [0.4, 0.5) is 0 Å². The van der Waals surface area contributed by atoms with Crippen LogP contribution in [0.2, 0.25) is 0 Å². The van der Waals surface area contributed by atoms with E-state index in [9.17, 15) is 14.4 Å². The molecule has 6 heteroatoms. The summed E-state index contributed by atoms with van der Waals surface area (Å²) in [7, 11) is 0. The van der Waals surface area contributed by atoms with Crippen molar-refractivity contribution >= 4 is 33.7 Å². The number of nitrogens with zero attached hydrogens (tertiary/aromatic N) is 1. The van der Waals surface area contributed by atoms with Gasteiger partial charge in [0.15, 0.2) is 0 Å². The molecule has 2 aliphatic carbocycles. The highest BCUT2D eigenvalue weighted by Gasteiger charge is 2.61. The lowest BCUT2D eigenvalue weighted by molar-refractivity contribution is -0.143. The van der Waals surface area contributed by atoms with E-state index in [0.717, 1.165) is 28.7 Å². The number of halogens is 1. The second kappa shape index (κ2) is 4.91. The fourth-order valence-corrected chi connectivity index (χ4v) is 4.55. The van der Waals surface area contributed by atoms with Gasteiger partial charge in [0.05, 0.1) is 11.8 Å². The van der Waals surface area contributed by atoms with Crippen LogP contribution in [0.5, 0.6) is 0 Å². The highest BCUT2D eigenvalue weighted by Crippen LogP contribution is 2.55. The minimum Gasteiger partial charge on any atom is -0.272 e. The average Bonchev–Trinajstić information content (AvgIpc) is 3.17. The Hall–Kier alpha value is -1.69. The van der Waals surface area contributed by atoms with Gasteiger partial charge < -0.3 is 0 Å². The smallest absolute Gasteiger partial charge is 0.270 e. The number of carbonyl (C=O) groups excluding carboxylic acids is 3. The van der Waals surface area contributed by atoms with E-state index < -0.39 is 5.91 Å². The van der Waals surface area contributed by atoms with Gasteiger partial charge in [0.1, 0.15) is 0 Å². The first-order valence-corrected chi connectivity index (χ1v) is 8.30. The summed E-state index contributed by atoms with van der Waals surface area (Å²) in [6.45, 7) is 0. The first-order chi connectivity index (χ1) is 10.6. The minimum atomic E-state index is -0.429. The zero-order valence-corrected chi connectivity index (χ0v) is 13.4. The molecule has 1 N–H and O–H groups in total. The van der Waals surface area contributed by atoms with Gasteiger partial charge in [-0.3, -0.25) is 19.8 Å². The Morgan fingerprint density at radius 1 is 1.05 bits per heavy atom. The van der Waals surface area contributed by atoms with Gasteiger partial charge in [0.25, 0.3) is 17.7 Å². The molecule has 4 atom stereocenters. The highest BCUT2D eigenvalue weighted by molar-refractivity contribution is 9.10. The number of fused-ring (bicyclic) bond motifs is 5. The van der Waals surface area contributed by atoms with Crippen LogP contribution < -0.4 is 5.43 Å². The van der Waals surface area contributed by atoms with E-state index in [1.54, 1.807) is 24.3 Å². The summed E-state index contributed by atoms with van der Waals surface area (Å²) in [5.74, 6) is -0.670. The molecule has 114 valence electrons. The maximum Gasteiger partial charge on any atom is 0.270 e. The van der Waals surface area contributed by atoms with Crippen molar-refractivity contribution in [3.63, 3.8) is 0 Å². The van der Waals surface area contributed by atoms with Gasteiger partial charge in [-0.1, -0.05) is 15.9 Å². The molecule has 3 amide bonds. The molecule has 1 saturated heterocycles. The molecule has 2 bridgehead atoms. The normalized spacial score (nSPS) is 32.5. The molecule has 1 aliphatic heterocycles. The summed E-state index contributed by atoms with van der Waals surface area (Å²) in [6.07, 6.45) is 3.04. The van der Waals surface area contributed by atoms with Gasteiger partial charge in [0.2, 0.25) is 0 Å².